The predicted octanol–water partition coefficient (Wildman–Crippen LogP) is -0.415. The molecule has 0 fully saturated rings. The summed E-state index contributed by atoms with van der Waals surface area (Å²) in [7, 11) is 1.87. The average molecular weight is 210 g/mol. The van der Waals surface area contributed by atoms with Gasteiger partial charge in [0.15, 0.2) is 0 Å². The van der Waals surface area contributed by atoms with Gasteiger partial charge in [-0.25, -0.2) is 0 Å². The van der Waals surface area contributed by atoms with E-state index >= 15 is 0 Å². The van der Waals surface area contributed by atoms with Gasteiger partial charge in [-0.3, -0.25) is 9.48 Å². The van der Waals surface area contributed by atoms with Crippen LogP contribution in [0.2, 0.25) is 0 Å². The molecule has 0 spiro atoms. The average Bonchev–Trinajstić information content (AvgIpc) is 2.54. The summed E-state index contributed by atoms with van der Waals surface area (Å²) in [5, 5.41) is 4.30. The molecule has 5 heteroatoms. The van der Waals surface area contributed by atoms with Crippen molar-refractivity contribution < 1.29 is 4.79 Å². The van der Waals surface area contributed by atoms with Crippen LogP contribution in [-0.2, 0) is 24.7 Å². The molecule has 0 aliphatic rings. The number of hydrogen-bond donors (Lipinski definition) is 2. The molecule has 0 saturated heterocycles. The number of nitrogens with zero attached hydrogens (tertiary/aromatic N) is 2. The Labute approximate surface area is 89.4 Å². The summed E-state index contributed by atoms with van der Waals surface area (Å²) >= 11 is 0. The van der Waals surface area contributed by atoms with Crippen molar-refractivity contribution >= 4 is 5.91 Å². The molecular weight excluding hydrogens is 192 g/mol. The van der Waals surface area contributed by atoms with Crippen LogP contribution in [0.15, 0.2) is 6.20 Å². The van der Waals surface area contributed by atoms with Gasteiger partial charge in [-0.15, -0.1) is 0 Å². The molecule has 1 unspecified atom stereocenters. The molecule has 1 rings (SSSR count). The monoisotopic (exact) mass is 210 g/mol. The third-order valence-corrected chi connectivity index (χ3v) is 2.48. The molecule has 84 valence electrons. The van der Waals surface area contributed by atoms with Gasteiger partial charge in [0.2, 0.25) is 5.91 Å². The van der Waals surface area contributed by atoms with E-state index < -0.39 is 0 Å². The van der Waals surface area contributed by atoms with E-state index in [-0.39, 0.29) is 18.4 Å². The Morgan fingerprint density at radius 3 is 2.80 bits per heavy atom. The van der Waals surface area contributed by atoms with Gasteiger partial charge in [0.05, 0.1) is 11.6 Å². The fraction of sp³-hybridized carbons (Fsp3) is 0.600. The van der Waals surface area contributed by atoms with Gasteiger partial charge in [0.25, 0.3) is 0 Å². The van der Waals surface area contributed by atoms with E-state index in [4.69, 9.17) is 11.5 Å². The van der Waals surface area contributed by atoms with Crippen LogP contribution in [0.5, 0.6) is 0 Å². The van der Waals surface area contributed by atoms with Crippen molar-refractivity contribution in [1.29, 1.82) is 0 Å². The predicted molar refractivity (Wildman–Crippen MR) is 58.0 cm³/mol. The largest absolute Gasteiger partial charge is 0.369 e. The Kier molecular flexibility index (Phi) is 3.85. The lowest BCUT2D eigenvalue weighted by Gasteiger charge is -2.09. The maximum atomic E-state index is 11.1. The normalized spacial score (nSPS) is 12.7. The van der Waals surface area contributed by atoms with Crippen molar-refractivity contribution in [2.75, 3.05) is 6.54 Å². The summed E-state index contributed by atoms with van der Waals surface area (Å²) in [6, 6.07) is 0. The first kappa shape index (κ1) is 11.7. The molecule has 1 aromatic heterocycles. The zero-order chi connectivity index (χ0) is 11.4. The molecule has 0 aromatic carbocycles. The van der Waals surface area contributed by atoms with Crippen molar-refractivity contribution in [1.82, 2.24) is 9.78 Å². The standard InChI is InChI=1S/C10H18N4O/c1-3-9-8(6-14(2)13-9)4-7(5-11)10(12)15/h6-7H,3-5,11H2,1-2H3,(H2,12,15). The Bertz CT molecular complexity index is 345. The van der Waals surface area contributed by atoms with Crippen LogP contribution in [0.3, 0.4) is 0 Å². The van der Waals surface area contributed by atoms with Gasteiger partial charge in [0, 0.05) is 19.8 Å². The number of primary amides is 1. The number of nitrogens with two attached hydrogens (primary N) is 2. The second-order valence-corrected chi connectivity index (χ2v) is 3.67. The van der Waals surface area contributed by atoms with E-state index in [1.807, 2.05) is 20.2 Å². The molecule has 5 nitrogen and oxygen atoms in total. The molecule has 0 radical (unpaired) electrons. The van der Waals surface area contributed by atoms with Gasteiger partial charge >= 0.3 is 0 Å². The zero-order valence-corrected chi connectivity index (χ0v) is 9.23. The molecule has 0 aliphatic carbocycles. The SMILES string of the molecule is CCc1nn(C)cc1CC(CN)C(N)=O. The molecule has 15 heavy (non-hydrogen) atoms. The third kappa shape index (κ3) is 2.79. The number of rotatable bonds is 5. The molecule has 4 N–H and O–H groups in total. The van der Waals surface area contributed by atoms with Gasteiger partial charge in [-0.05, 0) is 18.4 Å². The molecule has 0 saturated carbocycles. The number of aryl methyl sites for hydroxylation is 2. The summed E-state index contributed by atoms with van der Waals surface area (Å²) < 4.78 is 1.75. The maximum absolute atomic E-state index is 11.1. The van der Waals surface area contributed by atoms with Crippen LogP contribution < -0.4 is 11.5 Å². The topological polar surface area (TPSA) is 86.9 Å². The van der Waals surface area contributed by atoms with E-state index in [0.717, 1.165) is 17.7 Å². The quantitative estimate of drug-likeness (QED) is 0.692. The third-order valence-electron chi connectivity index (χ3n) is 2.48. The fourth-order valence-corrected chi connectivity index (χ4v) is 1.62. The Balaban J connectivity index is 2.82. The lowest BCUT2D eigenvalue weighted by molar-refractivity contribution is -0.121. The second-order valence-electron chi connectivity index (χ2n) is 3.67. The van der Waals surface area contributed by atoms with E-state index in [2.05, 4.69) is 5.10 Å². The highest BCUT2D eigenvalue weighted by atomic mass is 16.1. The molecule has 1 amide bonds. The number of amides is 1. The van der Waals surface area contributed by atoms with Crippen LogP contribution in [0.25, 0.3) is 0 Å². The van der Waals surface area contributed by atoms with Gasteiger partial charge in [-0.1, -0.05) is 6.92 Å². The first-order chi connectivity index (χ1) is 7.08. The Hall–Kier alpha value is -1.36. The number of hydrogen-bond acceptors (Lipinski definition) is 3. The summed E-state index contributed by atoms with van der Waals surface area (Å²) in [5.74, 6) is -0.636. The first-order valence-electron chi connectivity index (χ1n) is 5.09. The second kappa shape index (κ2) is 4.93. The van der Waals surface area contributed by atoms with Gasteiger partial charge in [-0.2, -0.15) is 5.10 Å². The van der Waals surface area contributed by atoms with E-state index in [0.29, 0.717) is 6.42 Å². The maximum Gasteiger partial charge on any atom is 0.222 e. The van der Waals surface area contributed by atoms with Crippen molar-refractivity contribution in [3.8, 4) is 0 Å². The minimum atomic E-state index is -0.344. The lowest BCUT2D eigenvalue weighted by Crippen LogP contribution is -2.31. The molecular formula is C10H18N4O. The highest BCUT2D eigenvalue weighted by Crippen LogP contribution is 2.12. The summed E-state index contributed by atoms with van der Waals surface area (Å²) in [4.78, 5) is 11.1. The van der Waals surface area contributed by atoms with Crippen LogP contribution in [0, 0.1) is 5.92 Å². The molecule has 0 aliphatic heterocycles. The summed E-state index contributed by atoms with van der Waals surface area (Å²) in [6.45, 7) is 2.32. The van der Waals surface area contributed by atoms with Crippen LogP contribution in [-0.4, -0.2) is 22.2 Å². The summed E-state index contributed by atoms with van der Waals surface area (Å²) in [5.41, 5.74) is 12.8. The van der Waals surface area contributed by atoms with E-state index in [1.165, 1.54) is 0 Å². The van der Waals surface area contributed by atoms with Crippen molar-refractivity contribution in [2.45, 2.75) is 19.8 Å². The lowest BCUT2D eigenvalue weighted by atomic mass is 9.99. The van der Waals surface area contributed by atoms with Crippen LogP contribution in [0.4, 0.5) is 0 Å². The molecule has 1 aromatic rings. The minimum absolute atomic E-state index is 0.285. The van der Waals surface area contributed by atoms with Crippen molar-refractivity contribution in [3.05, 3.63) is 17.5 Å². The van der Waals surface area contributed by atoms with Gasteiger partial charge in [0.1, 0.15) is 0 Å². The fourth-order valence-electron chi connectivity index (χ4n) is 1.62. The number of aromatic nitrogens is 2. The molecule has 0 bridgehead atoms. The smallest absolute Gasteiger partial charge is 0.222 e. The molecule has 1 atom stereocenters. The van der Waals surface area contributed by atoms with Gasteiger partial charge < -0.3 is 11.5 Å². The molecule has 1 heterocycles. The summed E-state index contributed by atoms with van der Waals surface area (Å²) in [6.07, 6.45) is 3.36. The Morgan fingerprint density at radius 2 is 2.33 bits per heavy atom. The number of carbonyl (C=O) groups excluding carboxylic acids is 1. The minimum Gasteiger partial charge on any atom is -0.369 e. The van der Waals surface area contributed by atoms with E-state index in [9.17, 15) is 4.79 Å². The van der Waals surface area contributed by atoms with Crippen LogP contribution >= 0.6 is 0 Å². The first-order valence-corrected chi connectivity index (χ1v) is 5.09. The number of carbonyl (C=O) groups is 1. The van der Waals surface area contributed by atoms with Crippen LogP contribution in [0.1, 0.15) is 18.2 Å². The Morgan fingerprint density at radius 1 is 1.67 bits per heavy atom. The highest BCUT2D eigenvalue weighted by molar-refractivity contribution is 5.77. The van der Waals surface area contributed by atoms with Crippen molar-refractivity contribution in [3.63, 3.8) is 0 Å². The van der Waals surface area contributed by atoms with E-state index in [1.54, 1.807) is 4.68 Å². The zero-order valence-electron chi connectivity index (χ0n) is 9.23. The van der Waals surface area contributed by atoms with Crippen molar-refractivity contribution in [2.24, 2.45) is 24.4 Å². The highest BCUT2D eigenvalue weighted by Gasteiger charge is 2.17.